The van der Waals surface area contributed by atoms with Crippen LogP contribution in [0.25, 0.3) is 116 Å². The van der Waals surface area contributed by atoms with Crippen molar-refractivity contribution in [2.24, 2.45) is 0 Å². The van der Waals surface area contributed by atoms with Gasteiger partial charge in [-0.25, -0.2) is 4.52 Å². The second-order valence-electron chi connectivity index (χ2n) is 16.5. The molecule has 0 saturated heterocycles. The van der Waals surface area contributed by atoms with E-state index in [1.54, 1.807) is 0 Å². The number of fused-ring (bicyclic) bond motifs is 13. The van der Waals surface area contributed by atoms with Crippen LogP contribution in [-0.4, -0.2) is 22.7 Å². The van der Waals surface area contributed by atoms with Gasteiger partial charge in [-0.05, 0) is 114 Å². The van der Waals surface area contributed by atoms with Crippen molar-refractivity contribution >= 4 is 82.1 Å². The van der Waals surface area contributed by atoms with Crippen molar-refractivity contribution in [3.63, 3.8) is 0 Å². The quantitative estimate of drug-likeness (QED) is 0.157. The van der Waals surface area contributed by atoms with E-state index in [4.69, 9.17) is 0 Å². The highest BCUT2D eigenvalue weighted by atomic mass is 16.2. The second-order valence-corrected chi connectivity index (χ2v) is 16.5. The lowest BCUT2D eigenvalue weighted by molar-refractivity contribution is 0.840. The first kappa shape index (κ1) is 36.0. The van der Waals surface area contributed by atoms with Crippen molar-refractivity contribution in [1.82, 2.24) is 22.7 Å². The molecule has 0 spiro atoms. The van der Waals surface area contributed by atoms with Crippen LogP contribution in [0.1, 0.15) is 6.92 Å². The minimum Gasteiger partial charge on any atom is -0.310 e. The first-order valence-corrected chi connectivity index (χ1v) is 21.5. The van der Waals surface area contributed by atoms with Crippen LogP contribution in [-0.2, 0) is 0 Å². The van der Waals surface area contributed by atoms with Gasteiger partial charge >= 0.3 is 0 Å². The molecule has 0 aliphatic heterocycles. The molecular formula is C57H37N5O2. The lowest BCUT2D eigenvalue weighted by Crippen LogP contribution is -2.22. The summed E-state index contributed by atoms with van der Waals surface area (Å²) < 4.78 is 9.73. The lowest BCUT2D eigenvalue weighted by atomic mass is 10.0. The third-order valence-electron chi connectivity index (χ3n) is 13.2. The van der Waals surface area contributed by atoms with Crippen LogP contribution >= 0.6 is 0 Å². The fourth-order valence-corrected chi connectivity index (χ4v) is 10.4. The van der Waals surface area contributed by atoms with E-state index >= 15 is 0 Å². The van der Waals surface area contributed by atoms with Gasteiger partial charge in [0.05, 0.1) is 38.5 Å². The van der Waals surface area contributed by atoms with E-state index in [0.717, 1.165) is 72.3 Å². The van der Waals surface area contributed by atoms with Gasteiger partial charge in [0.2, 0.25) is 0 Å². The topological polar surface area (TPSA) is 57.8 Å². The van der Waals surface area contributed by atoms with Crippen LogP contribution in [0, 0.1) is 0 Å². The average Bonchev–Trinajstić information content (AvgIpc) is 4.12. The summed E-state index contributed by atoms with van der Waals surface area (Å²) in [7, 11) is 0. The molecule has 0 N–H and O–H groups in total. The van der Waals surface area contributed by atoms with Gasteiger partial charge in [-0.15, -0.1) is 0 Å². The van der Waals surface area contributed by atoms with Crippen LogP contribution in [0.3, 0.4) is 0 Å². The van der Waals surface area contributed by atoms with Crippen LogP contribution in [0.4, 0.5) is 0 Å². The summed E-state index contributed by atoms with van der Waals surface area (Å²) in [5, 5.41) is 6.15. The highest BCUT2D eigenvalue weighted by Gasteiger charge is 2.25. The van der Waals surface area contributed by atoms with Crippen molar-refractivity contribution in [2.45, 2.75) is 6.92 Å². The largest absolute Gasteiger partial charge is 0.310 e. The number of rotatable bonds is 6. The molecule has 0 radical (unpaired) electrons. The maximum absolute atomic E-state index is 14.3. The number of allylic oxidation sites excluding steroid dienone is 3. The molecule has 7 nitrogen and oxygen atoms in total. The molecule has 5 aromatic heterocycles. The Bertz CT molecular complexity index is 4270. The Morgan fingerprint density at radius 1 is 0.406 bits per heavy atom. The molecule has 0 amide bonds. The average molecular weight is 824 g/mol. The number of nitrogens with zero attached hydrogens (tertiary/aromatic N) is 5. The molecule has 0 aliphatic rings. The molecule has 302 valence electrons. The standard InChI is InChI=1S/C57H37N5O2/c1-3-39(4-2)58-48-22-11-8-19-42(48)46-32-36(26-29-51(46)58)37-27-30-52-47(33-37)43-20-9-12-23-49(43)59(52)41-18-14-15-35(31-41)38-25-28-45-53(34-38)61-54-44-21-10-13-24-50(44)60(40-16-6-5-7-17-40)55(54)57(64)62(61)56(45)63/h3-34H,1H2,2H3/b39-4+. The van der Waals surface area contributed by atoms with E-state index in [2.05, 4.69) is 138 Å². The number of hydrogen-bond donors (Lipinski definition) is 0. The lowest BCUT2D eigenvalue weighted by Gasteiger charge is -2.11. The predicted molar refractivity (Wildman–Crippen MR) is 265 cm³/mol. The van der Waals surface area contributed by atoms with Crippen molar-refractivity contribution < 1.29 is 0 Å². The molecule has 13 aromatic rings. The summed E-state index contributed by atoms with van der Waals surface area (Å²) >= 11 is 0. The molecule has 5 heterocycles. The van der Waals surface area contributed by atoms with Crippen molar-refractivity contribution in [2.75, 3.05) is 0 Å². The highest BCUT2D eigenvalue weighted by Crippen LogP contribution is 2.39. The van der Waals surface area contributed by atoms with E-state index < -0.39 is 0 Å². The van der Waals surface area contributed by atoms with Gasteiger partial charge in [-0.1, -0.05) is 116 Å². The van der Waals surface area contributed by atoms with E-state index in [9.17, 15) is 9.59 Å². The molecule has 64 heavy (non-hydrogen) atoms. The zero-order valence-corrected chi connectivity index (χ0v) is 34.7. The smallest absolute Gasteiger partial charge is 0.299 e. The Balaban J connectivity index is 0.963. The highest BCUT2D eigenvalue weighted by molar-refractivity contribution is 6.14. The third-order valence-corrected chi connectivity index (χ3v) is 13.2. The number of benzene rings is 8. The maximum atomic E-state index is 14.3. The summed E-state index contributed by atoms with van der Waals surface area (Å²) in [5.74, 6) is 0. The van der Waals surface area contributed by atoms with Gasteiger partial charge in [0.15, 0.2) is 0 Å². The van der Waals surface area contributed by atoms with E-state index in [1.165, 1.54) is 26.1 Å². The van der Waals surface area contributed by atoms with Crippen molar-refractivity contribution in [3.8, 4) is 33.6 Å². The summed E-state index contributed by atoms with van der Waals surface area (Å²) in [4.78, 5) is 28.4. The number of aromatic nitrogens is 5. The molecule has 13 rings (SSSR count). The van der Waals surface area contributed by atoms with Crippen molar-refractivity contribution in [3.05, 3.63) is 221 Å². The first-order chi connectivity index (χ1) is 31.5. The first-order valence-electron chi connectivity index (χ1n) is 21.5. The molecule has 0 unspecified atom stereocenters. The van der Waals surface area contributed by atoms with Crippen LogP contribution in [0.2, 0.25) is 0 Å². The van der Waals surface area contributed by atoms with Gasteiger partial charge in [0.25, 0.3) is 11.1 Å². The molecule has 7 heteroatoms. The Hall–Kier alpha value is -8.68. The fourth-order valence-electron chi connectivity index (χ4n) is 10.4. The van der Waals surface area contributed by atoms with Crippen LogP contribution in [0.5, 0.6) is 0 Å². The number of hydrogen-bond acceptors (Lipinski definition) is 2. The normalized spacial score (nSPS) is 12.4. The summed E-state index contributed by atoms with van der Waals surface area (Å²) in [6.45, 7) is 6.15. The van der Waals surface area contributed by atoms with E-state index in [0.29, 0.717) is 21.9 Å². The van der Waals surface area contributed by atoms with Gasteiger partial charge in [-0.3, -0.25) is 9.59 Å². The summed E-state index contributed by atoms with van der Waals surface area (Å²) in [5.41, 5.74) is 13.8. The Labute approximate surface area is 365 Å². The Morgan fingerprint density at radius 2 is 0.953 bits per heavy atom. The molecule has 0 aliphatic carbocycles. The zero-order chi connectivity index (χ0) is 42.8. The Morgan fingerprint density at radius 3 is 1.69 bits per heavy atom. The minimum absolute atomic E-state index is 0.327. The summed E-state index contributed by atoms with van der Waals surface area (Å²) in [6, 6.07) is 63.0. The van der Waals surface area contributed by atoms with Crippen LogP contribution < -0.4 is 11.1 Å². The fraction of sp³-hybridized carbons (Fsp3) is 0.0175. The summed E-state index contributed by atoms with van der Waals surface area (Å²) in [6.07, 6.45) is 4.02. The van der Waals surface area contributed by atoms with Gasteiger partial charge in [0, 0.05) is 44.0 Å². The molecule has 0 atom stereocenters. The van der Waals surface area contributed by atoms with E-state index in [1.807, 2.05) is 88.0 Å². The maximum Gasteiger partial charge on any atom is 0.299 e. The molecule has 8 aromatic carbocycles. The van der Waals surface area contributed by atoms with E-state index in [-0.39, 0.29) is 11.1 Å². The Kier molecular flexibility index (Phi) is 7.55. The predicted octanol–water partition coefficient (Wildman–Crippen LogP) is 13.0. The molecule has 0 bridgehead atoms. The zero-order valence-electron chi connectivity index (χ0n) is 34.7. The van der Waals surface area contributed by atoms with Gasteiger partial charge < -0.3 is 13.7 Å². The SMILES string of the molecule is C=C/C(=C\C)n1c2ccccc2c2cc(-c3ccc4c(c3)c3ccccc3n4-c3cccc(-c4ccc5c(=O)n6c(=O)c7c(c8ccccc8n7-c7ccccc7)n6c5c4)c3)ccc21. The molecule has 0 saturated carbocycles. The molecular weight excluding hydrogens is 787 g/mol. The second kappa shape index (κ2) is 13.4. The van der Waals surface area contributed by atoms with Crippen LogP contribution in [0.15, 0.2) is 210 Å². The molecule has 0 fully saturated rings. The van der Waals surface area contributed by atoms with Gasteiger partial charge in [-0.2, -0.15) is 4.52 Å². The minimum atomic E-state index is -0.339. The monoisotopic (exact) mass is 823 g/mol. The van der Waals surface area contributed by atoms with Gasteiger partial charge in [0.1, 0.15) is 11.0 Å². The van der Waals surface area contributed by atoms with Crippen molar-refractivity contribution in [1.29, 1.82) is 0 Å². The number of para-hydroxylation sites is 4. The third kappa shape index (κ3) is 4.86.